The van der Waals surface area contributed by atoms with Crippen LogP contribution in [0.3, 0.4) is 0 Å². The first-order chi connectivity index (χ1) is 13.8. The van der Waals surface area contributed by atoms with Crippen LogP contribution >= 0.6 is 11.6 Å². The maximum atomic E-state index is 13.0. The molecular formula is C19H14ClF3N4O2. The molecule has 0 fully saturated rings. The van der Waals surface area contributed by atoms with Crippen molar-refractivity contribution in [2.24, 2.45) is 5.10 Å². The molecule has 0 unspecified atom stereocenters. The Morgan fingerprint density at radius 3 is 2.52 bits per heavy atom. The molecule has 0 aliphatic carbocycles. The summed E-state index contributed by atoms with van der Waals surface area (Å²) < 4.78 is 45.1. The van der Waals surface area contributed by atoms with E-state index in [0.29, 0.717) is 11.4 Å². The minimum atomic E-state index is -4.51. The van der Waals surface area contributed by atoms with Crippen LogP contribution in [0.1, 0.15) is 11.1 Å². The fourth-order valence-electron chi connectivity index (χ4n) is 2.46. The van der Waals surface area contributed by atoms with Gasteiger partial charge in [0.05, 0.1) is 30.8 Å². The van der Waals surface area contributed by atoms with Gasteiger partial charge in [-0.2, -0.15) is 28.1 Å². The Morgan fingerprint density at radius 1 is 1.17 bits per heavy atom. The lowest BCUT2D eigenvalue weighted by Crippen LogP contribution is -2.22. The molecule has 6 nitrogen and oxygen atoms in total. The smallest absolute Gasteiger partial charge is 0.417 e. The van der Waals surface area contributed by atoms with Gasteiger partial charge in [0.1, 0.15) is 16.5 Å². The number of methoxy groups -OCH3 is 1. The van der Waals surface area contributed by atoms with Crippen LogP contribution in [0.15, 0.2) is 64.6 Å². The van der Waals surface area contributed by atoms with E-state index in [-0.39, 0.29) is 16.3 Å². The van der Waals surface area contributed by atoms with Crippen molar-refractivity contribution in [1.82, 2.24) is 9.78 Å². The second-order valence-electron chi connectivity index (χ2n) is 5.74. The lowest BCUT2D eigenvalue weighted by Gasteiger charge is -2.10. The lowest BCUT2D eigenvalue weighted by molar-refractivity contribution is -0.137. The zero-order chi connectivity index (χ0) is 21.0. The van der Waals surface area contributed by atoms with Gasteiger partial charge in [-0.1, -0.05) is 29.8 Å². The van der Waals surface area contributed by atoms with Crippen LogP contribution in [0.2, 0.25) is 5.02 Å². The van der Waals surface area contributed by atoms with Crippen molar-refractivity contribution < 1.29 is 17.9 Å². The molecule has 10 heteroatoms. The van der Waals surface area contributed by atoms with Crippen LogP contribution in [-0.2, 0) is 6.18 Å². The molecule has 2 aromatic carbocycles. The molecule has 0 spiro atoms. The minimum absolute atomic E-state index is 0.0576. The fraction of sp³-hybridized carbons (Fsp3) is 0.105. The summed E-state index contributed by atoms with van der Waals surface area (Å²) in [6, 6.07) is 11.5. The number of hydrogen-bond acceptors (Lipinski definition) is 5. The van der Waals surface area contributed by atoms with Gasteiger partial charge in [-0.15, -0.1) is 0 Å². The van der Waals surface area contributed by atoms with Gasteiger partial charge >= 0.3 is 6.18 Å². The Hall–Kier alpha value is -3.33. The first kappa shape index (κ1) is 20.4. The molecule has 0 radical (unpaired) electrons. The Labute approximate surface area is 168 Å². The molecule has 3 aromatic rings. The molecule has 29 heavy (non-hydrogen) atoms. The number of hydrazone groups is 1. The van der Waals surface area contributed by atoms with E-state index in [2.05, 4.69) is 15.6 Å². The van der Waals surface area contributed by atoms with E-state index in [0.717, 1.165) is 17.0 Å². The molecule has 1 aromatic heterocycles. The van der Waals surface area contributed by atoms with Gasteiger partial charge in [0.25, 0.3) is 5.56 Å². The van der Waals surface area contributed by atoms with Crippen LogP contribution in [0, 0.1) is 0 Å². The summed E-state index contributed by atoms with van der Waals surface area (Å²) in [5.41, 5.74) is 1.39. The van der Waals surface area contributed by atoms with E-state index in [1.165, 1.54) is 31.5 Å². The van der Waals surface area contributed by atoms with Crippen molar-refractivity contribution in [3.05, 3.63) is 81.2 Å². The van der Waals surface area contributed by atoms with Crippen LogP contribution in [0.25, 0.3) is 5.69 Å². The predicted octanol–water partition coefficient (Wildman–Crippen LogP) is 4.36. The number of nitrogens with one attached hydrogen (secondary N) is 1. The largest absolute Gasteiger partial charge is 0.497 e. The predicted molar refractivity (Wildman–Crippen MR) is 104 cm³/mol. The van der Waals surface area contributed by atoms with Gasteiger partial charge in [-0.3, -0.25) is 10.2 Å². The molecule has 3 rings (SSSR count). The van der Waals surface area contributed by atoms with Gasteiger partial charge in [-0.25, -0.2) is 0 Å². The molecule has 1 heterocycles. The number of alkyl halides is 3. The standard InChI is InChI=1S/C19H14ClF3N4O2/c1-29-14-8-6-13(7-9-14)27-18(28)17(20)16(11-25-27)26-24-10-12-4-2-3-5-15(12)19(21,22)23/h2-11,26H,1H3/b24-10-. The summed E-state index contributed by atoms with van der Waals surface area (Å²) in [4.78, 5) is 12.5. The number of halogens is 4. The lowest BCUT2D eigenvalue weighted by atomic mass is 10.1. The third-order valence-corrected chi connectivity index (χ3v) is 4.26. The van der Waals surface area contributed by atoms with E-state index < -0.39 is 17.3 Å². The molecule has 0 saturated heterocycles. The molecule has 1 N–H and O–H groups in total. The SMILES string of the molecule is COc1ccc(-n2ncc(N/N=C\c3ccccc3C(F)(F)F)c(Cl)c2=O)cc1. The van der Waals surface area contributed by atoms with Crippen molar-refractivity contribution in [1.29, 1.82) is 0 Å². The van der Waals surface area contributed by atoms with Crippen molar-refractivity contribution in [2.45, 2.75) is 6.18 Å². The summed E-state index contributed by atoms with van der Waals surface area (Å²) in [6.07, 6.45) is -2.27. The Kier molecular flexibility index (Phi) is 5.88. The third kappa shape index (κ3) is 4.57. The van der Waals surface area contributed by atoms with Crippen molar-refractivity contribution in [3.63, 3.8) is 0 Å². The number of nitrogens with zero attached hydrogens (tertiary/aromatic N) is 3. The summed E-state index contributed by atoms with van der Waals surface area (Å²) in [5, 5.41) is 7.55. The van der Waals surface area contributed by atoms with Gasteiger partial charge < -0.3 is 4.74 Å². The monoisotopic (exact) mass is 422 g/mol. The summed E-state index contributed by atoms with van der Waals surface area (Å²) in [7, 11) is 1.52. The molecule has 0 amide bonds. The van der Waals surface area contributed by atoms with Gasteiger partial charge in [0.2, 0.25) is 0 Å². The van der Waals surface area contributed by atoms with E-state index in [1.54, 1.807) is 24.3 Å². The first-order valence-corrected chi connectivity index (χ1v) is 8.56. The highest BCUT2D eigenvalue weighted by Gasteiger charge is 2.32. The quantitative estimate of drug-likeness (QED) is 0.490. The highest BCUT2D eigenvalue weighted by atomic mass is 35.5. The molecule has 0 atom stereocenters. The van der Waals surface area contributed by atoms with Gasteiger partial charge in [-0.05, 0) is 30.3 Å². The molecule has 150 valence electrons. The second-order valence-corrected chi connectivity index (χ2v) is 6.12. The van der Waals surface area contributed by atoms with Crippen molar-refractivity contribution in [2.75, 3.05) is 12.5 Å². The molecular weight excluding hydrogens is 409 g/mol. The number of benzene rings is 2. The maximum Gasteiger partial charge on any atom is 0.417 e. The average Bonchev–Trinajstić information content (AvgIpc) is 2.71. The maximum absolute atomic E-state index is 13.0. The highest BCUT2D eigenvalue weighted by molar-refractivity contribution is 6.32. The number of anilines is 1. The first-order valence-electron chi connectivity index (χ1n) is 8.19. The number of hydrogen-bond donors (Lipinski definition) is 1. The summed E-state index contributed by atoms with van der Waals surface area (Å²) in [6.45, 7) is 0. The van der Waals surface area contributed by atoms with E-state index >= 15 is 0 Å². The molecule has 0 aliphatic heterocycles. The van der Waals surface area contributed by atoms with E-state index in [9.17, 15) is 18.0 Å². The molecule has 0 bridgehead atoms. The van der Waals surface area contributed by atoms with Crippen molar-refractivity contribution >= 4 is 23.5 Å². The fourth-order valence-corrected chi connectivity index (χ4v) is 2.63. The Balaban J connectivity index is 1.84. The summed E-state index contributed by atoms with van der Waals surface area (Å²) >= 11 is 6.08. The van der Waals surface area contributed by atoms with Crippen LogP contribution in [0.5, 0.6) is 5.75 Å². The molecule has 0 saturated carbocycles. The van der Waals surface area contributed by atoms with Crippen LogP contribution < -0.4 is 15.7 Å². The highest BCUT2D eigenvalue weighted by Crippen LogP contribution is 2.31. The average molecular weight is 423 g/mol. The Morgan fingerprint density at radius 2 is 1.86 bits per heavy atom. The number of aromatic nitrogens is 2. The minimum Gasteiger partial charge on any atom is -0.497 e. The van der Waals surface area contributed by atoms with E-state index in [1.807, 2.05) is 0 Å². The summed E-state index contributed by atoms with van der Waals surface area (Å²) in [5.74, 6) is 0.611. The third-order valence-electron chi connectivity index (χ3n) is 3.89. The number of rotatable bonds is 5. The zero-order valence-corrected chi connectivity index (χ0v) is 15.7. The van der Waals surface area contributed by atoms with Crippen LogP contribution in [0.4, 0.5) is 18.9 Å². The van der Waals surface area contributed by atoms with E-state index in [4.69, 9.17) is 16.3 Å². The van der Waals surface area contributed by atoms with Crippen molar-refractivity contribution in [3.8, 4) is 11.4 Å². The Bertz CT molecular complexity index is 1100. The molecule has 0 aliphatic rings. The van der Waals surface area contributed by atoms with Crippen LogP contribution in [-0.4, -0.2) is 23.1 Å². The number of ether oxygens (including phenoxy) is 1. The normalized spacial score (nSPS) is 11.6. The van der Waals surface area contributed by atoms with Gasteiger partial charge in [0, 0.05) is 5.56 Å². The topological polar surface area (TPSA) is 68.5 Å². The second kappa shape index (κ2) is 8.36. The van der Waals surface area contributed by atoms with Gasteiger partial charge in [0.15, 0.2) is 0 Å². The zero-order valence-electron chi connectivity index (χ0n) is 14.9.